The van der Waals surface area contributed by atoms with Gasteiger partial charge in [-0.2, -0.15) is 0 Å². The molecule has 1 fully saturated rings. The highest BCUT2D eigenvalue weighted by Gasteiger charge is 2.33. The number of hydrogen-bond acceptors (Lipinski definition) is 4. The van der Waals surface area contributed by atoms with E-state index in [1.54, 1.807) is 0 Å². The molecule has 0 N–H and O–H groups in total. The molecule has 4 heteroatoms. The van der Waals surface area contributed by atoms with E-state index < -0.39 is 0 Å². The van der Waals surface area contributed by atoms with Crippen molar-refractivity contribution in [3.05, 3.63) is 15.6 Å². The van der Waals surface area contributed by atoms with Crippen LogP contribution in [-0.2, 0) is 4.74 Å². The number of hydrogen-bond donors (Lipinski definition) is 0. The second kappa shape index (κ2) is 4.26. The van der Waals surface area contributed by atoms with Gasteiger partial charge in [-0.1, -0.05) is 5.92 Å². The molecule has 1 aliphatic carbocycles. The Balaban J connectivity index is 2.08. The van der Waals surface area contributed by atoms with Gasteiger partial charge in [-0.05, 0) is 26.7 Å². The van der Waals surface area contributed by atoms with Gasteiger partial charge in [0.15, 0.2) is 6.10 Å². The maximum absolute atomic E-state index is 11.8. The van der Waals surface area contributed by atoms with Crippen molar-refractivity contribution in [3.63, 3.8) is 0 Å². The number of aromatic nitrogens is 1. The zero-order chi connectivity index (χ0) is 11.7. The molecule has 2 rings (SSSR count). The van der Waals surface area contributed by atoms with Gasteiger partial charge in [0.2, 0.25) is 0 Å². The van der Waals surface area contributed by atoms with Crippen molar-refractivity contribution in [2.24, 2.45) is 5.92 Å². The van der Waals surface area contributed by atoms with E-state index in [0.717, 1.165) is 23.5 Å². The Morgan fingerprint density at radius 2 is 2.31 bits per heavy atom. The number of carbonyl (C=O) groups excluding carboxylic acids is 1. The van der Waals surface area contributed by atoms with Crippen LogP contribution in [0.1, 0.15) is 33.2 Å². The Labute approximate surface area is 98.8 Å². The van der Waals surface area contributed by atoms with E-state index >= 15 is 0 Å². The first-order chi connectivity index (χ1) is 7.61. The van der Waals surface area contributed by atoms with Crippen LogP contribution in [0.2, 0.25) is 0 Å². The molecule has 1 saturated carbocycles. The predicted molar refractivity (Wildman–Crippen MR) is 62.3 cm³/mol. The fourth-order valence-electron chi connectivity index (χ4n) is 1.55. The van der Waals surface area contributed by atoms with E-state index in [9.17, 15) is 4.79 Å². The number of nitrogens with zero attached hydrogens (tertiary/aromatic N) is 1. The monoisotopic (exact) mass is 235 g/mol. The molecule has 1 heterocycles. The van der Waals surface area contributed by atoms with Crippen molar-refractivity contribution < 1.29 is 9.53 Å². The highest BCUT2D eigenvalue weighted by atomic mass is 32.1. The van der Waals surface area contributed by atoms with Crippen LogP contribution in [0.4, 0.5) is 0 Å². The van der Waals surface area contributed by atoms with Crippen LogP contribution in [0.3, 0.4) is 0 Å². The molecule has 1 aromatic heterocycles. The first-order valence-electron chi connectivity index (χ1n) is 5.23. The topological polar surface area (TPSA) is 39.2 Å². The lowest BCUT2D eigenvalue weighted by Crippen LogP contribution is -2.18. The van der Waals surface area contributed by atoms with Crippen molar-refractivity contribution in [1.82, 2.24) is 4.98 Å². The van der Waals surface area contributed by atoms with Gasteiger partial charge in [0.1, 0.15) is 4.88 Å². The highest BCUT2D eigenvalue weighted by molar-refractivity contribution is 7.13. The average Bonchev–Trinajstić information content (AvgIpc) is 3.01. The van der Waals surface area contributed by atoms with E-state index in [1.807, 2.05) is 13.8 Å². The molecule has 0 amide bonds. The van der Waals surface area contributed by atoms with E-state index in [1.165, 1.54) is 11.3 Å². The van der Waals surface area contributed by atoms with Crippen molar-refractivity contribution in [1.29, 1.82) is 0 Å². The van der Waals surface area contributed by atoms with Gasteiger partial charge in [0.05, 0.1) is 10.7 Å². The molecule has 0 spiro atoms. The minimum Gasteiger partial charge on any atom is -0.445 e. The van der Waals surface area contributed by atoms with E-state index in [-0.39, 0.29) is 12.1 Å². The zero-order valence-electron chi connectivity index (χ0n) is 9.32. The normalized spacial score (nSPS) is 16.6. The van der Waals surface area contributed by atoms with Gasteiger partial charge in [-0.25, -0.2) is 9.78 Å². The molecule has 1 atom stereocenters. The minimum absolute atomic E-state index is 0.335. The third-order valence-electron chi connectivity index (χ3n) is 2.54. The lowest BCUT2D eigenvalue weighted by Gasteiger charge is -2.10. The number of aryl methyl sites for hydroxylation is 2. The van der Waals surface area contributed by atoms with E-state index in [0.29, 0.717) is 10.8 Å². The van der Waals surface area contributed by atoms with Crippen molar-refractivity contribution in [3.8, 4) is 12.3 Å². The summed E-state index contributed by atoms with van der Waals surface area (Å²) in [4.78, 5) is 16.6. The van der Waals surface area contributed by atoms with Gasteiger partial charge < -0.3 is 4.74 Å². The molecular formula is C12H13NO2S. The molecule has 16 heavy (non-hydrogen) atoms. The maximum atomic E-state index is 11.8. The Morgan fingerprint density at radius 1 is 1.62 bits per heavy atom. The molecule has 0 unspecified atom stereocenters. The van der Waals surface area contributed by atoms with Gasteiger partial charge >= 0.3 is 5.97 Å². The van der Waals surface area contributed by atoms with Crippen molar-refractivity contribution in [2.75, 3.05) is 0 Å². The average molecular weight is 235 g/mol. The number of thiazole rings is 1. The summed E-state index contributed by atoms with van der Waals surface area (Å²) in [6.07, 6.45) is 7.09. The van der Waals surface area contributed by atoms with Crippen LogP contribution in [0.25, 0.3) is 0 Å². The van der Waals surface area contributed by atoms with Gasteiger partial charge in [-0.15, -0.1) is 17.8 Å². The summed E-state index contributed by atoms with van der Waals surface area (Å²) in [7, 11) is 0. The fraction of sp³-hybridized carbons (Fsp3) is 0.500. The van der Waals surface area contributed by atoms with Crippen LogP contribution >= 0.6 is 11.3 Å². The summed E-state index contributed by atoms with van der Waals surface area (Å²) in [6.45, 7) is 3.68. The quantitative estimate of drug-likeness (QED) is 0.596. The molecule has 0 bridgehead atoms. The second-order valence-electron chi connectivity index (χ2n) is 3.98. The fourth-order valence-corrected chi connectivity index (χ4v) is 2.36. The van der Waals surface area contributed by atoms with Crippen LogP contribution in [0.15, 0.2) is 0 Å². The van der Waals surface area contributed by atoms with E-state index in [4.69, 9.17) is 11.2 Å². The second-order valence-corrected chi connectivity index (χ2v) is 5.18. The number of ether oxygens (including phenoxy) is 1. The predicted octanol–water partition coefficient (Wildman–Crippen LogP) is 2.33. The van der Waals surface area contributed by atoms with Crippen molar-refractivity contribution >= 4 is 17.3 Å². The molecule has 0 saturated heterocycles. The van der Waals surface area contributed by atoms with Crippen LogP contribution in [-0.4, -0.2) is 17.1 Å². The van der Waals surface area contributed by atoms with E-state index in [2.05, 4.69) is 10.9 Å². The number of terminal acetylenes is 1. The molecular weight excluding hydrogens is 222 g/mol. The first kappa shape index (κ1) is 11.2. The van der Waals surface area contributed by atoms with Crippen LogP contribution in [0, 0.1) is 32.1 Å². The smallest absolute Gasteiger partial charge is 0.351 e. The molecule has 84 valence electrons. The van der Waals surface area contributed by atoms with Crippen LogP contribution in [0.5, 0.6) is 0 Å². The first-order valence-corrected chi connectivity index (χ1v) is 6.04. The largest absolute Gasteiger partial charge is 0.445 e. The van der Waals surface area contributed by atoms with Crippen molar-refractivity contribution in [2.45, 2.75) is 32.8 Å². The SMILES string of the molecule is C#C[C@H](OC(=O)c1sc(C)nc1C)C1CC1. The zero-order valence-corrected chi connectivity index (χ0v) is 10.1. The third kappa shape index (κ3) is 2.25. The summed E-state index contributed by atoms with van der Waals surface area (Å²) in [5.41, 5.74) is 0.721. The molecule has 0 aliphatic heterocycles. The molecule has 0 aromatic carbocycles. The van der Waals surface area contributed by atoms with Gasteiger partial charge in [0, 0.05) is 5.92 Å². The number of esters is 1. The summed E-state index contributed by atoms with van der Waals surface area (Å²) < 4.78 is 5.30. The molecule has 3 nitrogen and oxygen atoms in total. The van der Waals surface area contributed by atoms with Gasteiger partial charge in [0.25, 0.3) is 0 Å². The summed E-state index contributed by atoms with van der Waals surface area (Å²) in [5, 5.41) is 0.869. The van der Waals surface area contributed by atoms with Gasteiger partial charge in [-0.3, -0.25) is 0 Å². The Kier molecular flexibility index (Phi) is 2.97. The lowest BCUT2D eigenvalue weighted by molar-refractivity contribution is 0.0379. The maximum Gasteiger partial charge on any atom is 0.351 e. The van der Waals surface area contributed by atoms with Crippen LogP contribution < -0.4 is 0 Å². The Hall–Kier alpha value is -1.34. The Morgan fingerprint density at radius 3 is 2.75 bits per heavy atom. The molecule has 1 aliphatic rings. The number of carbonyl (C=O) groups is 1. The minimum atomic E-state index is -0.366. The molecule has 1 aromatic rings. The summed E-state index contributed by atoms with van der Waals surface area (Å²) in [5.74, 6) is 2.56. The lowest BCUT2D eigenvalue weighted by atomic mass is 10.2. The highest BCUT2D eigenvalue weighted by Crippen LogP contribution is 2.34. The summed E-state index contributed by atoms with van der Waals surface area (Å²) in [6, 6.07) is 0. The number of rotatable bonds is 3. The standard InChI is InChI=1S/C12H13NO2S/c1-4-10(9-5-6-9)15-12(14)11-7(2)13-8(3)16-11/h1,9-10H,5-6H2,2-3H3/t10-/m0/s1. The summed E-state index contributed by atoms with van der Waals surface area (Å²) >= 11 is 1.35. The Bertz CT molecular complexity index is 454. The molecule has 0 radical (unpaired) electrons. The third-order valence-corrected chi connectivity index (χ3v) is 3.59.